The van der Waals surface area contributed by atoms with Crippen molar-refractivity contribution in [2.45, 2.75) is 121 Å². The van der Waals surface area contributed by atoms with E-state index in [1.54, 1.807) is 44.2 Å². The fourth-order valence-electron chi connectivity index (χ4n) is 8.10. The maximum Gasteiger partial charge on any atom is 0.332 e. The molecule has 1 fully saturated rings. The highest BCUT2D eigenvalue weighted by atomic mass is 35.5. The van der Waals surface area contributed by atoms with Gasteiger partial charge < -0.3 is 71.7 Å². The number of rotatable bonds is 10. The molecule has 27 heteroatoms. The summed E-state index contributed by atoms with van der Waals surface area (Å²) in [5.41, 5.74) is -1.81. The van der Waals surface area contributed by atoms with Crippen LogP contribution in [0.1, 0.15) is 75.6 Å². The van der Waals surface area contributed by atoms with Crippen molar-refractivity contribution in [3.05, 3.63) is 101 Å². The minimum absolute atomic E-state index is 0.0967. The summed E-state index contributed by atoms with van der Waals surface area (Å²) in [7, 11) is 1.27. The molecule has 3 aliphatic heterocycles. The van der Waals surface area contributed by atoms with Crippen LogP contribution in [0.2, 0.25) is 5.02 Å². The van der Waals surface area contributed by atoms with E-state index < -0.39 is 156 Å². The maximum atomic E-state index is 15.2. The number of benzene rings is 2. The van der Waals surface area contributed by atoms with Crippen molar-refractivity contribution in [2.24, 2.45) is 5.92 Å². The Morgan fingerprint density at radius 1 is 0.861 bits per heavy atom. The summed E-state index contributed by atoms with van der Waals surface area (Å²) in [5, 5.41) is 49.5. The minimum atomic E-state index is -2.04. The molecule has 0 radical (unpaired) electrons. The van der Waals surface area contributed by atoms with Gasteiger partial charge in [-0.3, -0.25) is 43.2 Å². The van der Waals surface area contributed by atoms with Crippen molar-refractivity contribution in [1.82, 2.24) is 46.8 Å². The number of nitrogens with one attached hydrogen (secondary N) is 7. The molecule has 1 saturated heterocycles. The largest absolute Gasteiger partial charge is 0.487 e. The molecule has 428 valence electrons. The second-order valence-corrected chi connectivity index (χ2v) is 19.8. The van der Waals surface area contributed by atoms with E-state index in [0.717, 1.165) is 37.1 Å². The Kier molecular flexibility index (Phi) is 21.8. The minimum Gasteiger partial charge on any atom is -0.487 e. The molecule has 1 aromatic heterocycles. The molecular formula is C52H65Cl2N9O16. The van der Waals surface area contributed by atoms with E-state index >= 15 is 4.79 Å². The summed E-state index contributed by atoms with van der Waals surface area (Å²) in [6, 6.07) is 3.07. The molecular weight excluding hydrogens is 1080 g/mol. The Morgan fingerprint density at radius 2 is 1.51 bits per heavy atom. The number of likely N-dealkylation sites (N-methyl/N-ethyl adjacent to an activating group) is 1. The Balaban J connectivity index is 1.71. The molecule has 8 amide bonds. The molecule has 12 atom stereocenters. The van der Waals surface area contributed by atoms with Crippen LogP contribution in [0.25, 0.3) is 0 Å². The number of cyclic esters (lactones) is 1. The van der Waals surface area contributed by atoms with Crippen molar-refractivity contribution >= 4 is 82.4 Å². The average Bonchev–Trinajstić information content (AvgIpc) is 3.77. The van der Waals surface area contributed by atoms with Gasteiger partial charge in [0.05, 0.1) is 17.0 Å². The molecule has 12 unspecified atom stereocenters. The van der Waals surface area contributed by atoms with Gasteiger partial charge in [-0.25, -0.2) is 4.79 Å². The van der Waals surface area contributed by atoms with Crippen molar-refractivity contribution in [2.75, 3.05) is 26.1 Å². The quantitative estimate of drug-likeness (QED) is 0.0708. The van der Waals surface area contributed by atoms with Crippen molar-refractivity contribution < 1.29 is 77.6 Å². The average molecular weight is 1140 g/mol. The molecule has 0 spiro atoms. The van der Waals surface area contributed by atoms with Gasteiger partial charge in [-0.05, 0) is 69.0 Å². The van der Waals surface area contributed by atoms with E-state index in [4.69, 9.17) is 37.4 Å². The summed E-state index contributed by atoms with van der Waals surface area (Å²) in [4.78, 5) is 142. The Bertz CT molecular complexity index is 2740. The molecule has 10 N–H and O–H groups in total. The van der Waals surface area contributed by atoms with Gasteiger partial charge in [-0.2, -0.15) is 4.73 Å². The number of esters is 2. The van der Waals surface area contributed by atoms with E-state index in [-0.39, 0.29) is 29.2 Å². The van der Waals surface area contributed by atoms with Gasteiger partial charge in [0.1, 0.15) is 73.0 Å². The zero-order valence-corrected chi connectivity index (χ0v) is 45.7. The lowest BCUT2D eigenvalue weighted by Crippen LogP contribution is -2.62. The Hall–Kier alpha value is -7.74. The van der Waals surface area contributed by atoms with Gasteiger partial charge in [0, 0.05) is 25.7 Å². The topological polar surface area (TPSA) is 351 Å². The summed E-state index contributed by atoms with van der Waals surface area (Å²) >= 11 is 12.2. The zero-order valence-electron chi connectivity index (χ0n) is 44.2. The second kappa shape index (κ2) is 27.7. The summed E-state index contributed by atoms with van der Waals surface area (Å²) in [6.45, 7) is 6.33. The van der Waals surface area contributed by atoms with Crippen LogP contribution < -0.4 is 42.0 Å². The number of aliphatic hydroxyl groups excluding tert-OH is 1. The van der Waals surface area contributed by atoms with Crippen LogP contribution in [0.5, 0.6) is 5.75 Å². The van der Waals surface area contributed by atoms with Gasteiger partial charge in [-0.1, -0.05) is 74.3 Å². The number of fused-ring (bicyclic) bond motifs is 11. The summed E-state index contributed by atoms with van der Waals surface area (Å²) < 4.78 is 17.4. The third-order valence-electron chi connectivity index (χ3n) is 13.3. The van der Waals surface area contributed by atoms with E-state index in [1.807, 2.05) is 0 Å². The van der Waals surface area contributed by atoms with Crippen LogP contribution >= 0.6 is 23.2 Å². The SMILES string of the molecule is CCC(C)C1NC(=O)C(NC(=O)C(C)NC(=O)c2c(Cl)ccn2O)C(C)OC(=O)C2COC(=O)CNC(=O)/C=C/C(O)(CCl)C(C)Oc3ccc(cc3)C(NC1=O)C(=O)N(C)C(Cc1ccccc1)C(=O)NC(C(C)O)C(=O)N2. The van der Waals surface area contributed by atoms with Gasteiger partial charge in [-0.15, -0.1) is 11.6 Å². The molecule has 2 aromatic carbocycles. The lowest BCUT2D eigenvalue weighted by molar-refractivity contribution is -0.160. The highest BCUT2D eigenvalue weighted by Crippen LogP contribution is 2.27. The fourth-order valence-corrected chi connectivity index (χ4v) is 8.63. The highest BCUT2D eigenvalue weighted by molar-refractivity contribution is 6.33. The smallest absolute Gasteiger partial charge is 0.332 e. The molecule has 4 bridgehead atoms. The van der Waals surface area contributed by atoms with Crippen molar-refractivity contribution in [3.63, 3.8) is 0 Å². The number of halogens is 2. The van der Waals surface area contributed by atoms with E-state index in [1.165, 1.54) is 51.2 Å². The standard InChI is InChI=1S/C52H65Cl2N9O16/c1-8-26(2)39-46(69)61-42-32-14-16-33(17-15-32)79-30(6)52(75,25-53)20-18-37(65)55-23-38(66)77-24-35(57-47(70)40(28(4)64)59-45(68)36(62(7)50(42)73)22-31-12-10-9-11-13-31)51(74)78-29(5)41(48(71)58-39)60-44(67)27(3)56-49(72)43-34(54)19-21-63(43)76/h9-21,26-30,35-36,39-42,64,75-76H,8,22-25H2,1-7H3,(H,55,65)(H,56,72)(H,57,70)(H,58,71)(H,59,68)(H,60,67)(H,61,69)/b20-18+. The van der Waals surface area contributed by atoms with Crippen LogP contribution in [-0.4, -0.2) is 170 Å². The number of amides is 8. The normalized spacial score (nSPS) is 26.8. The number of hydrogen-bond donors (Lipinski definition) is 10. The number of alkyl halides is 1. The third-order valence-corrected chi connectivity index (χ3v) is 14.0. The fraction of sp³-hybridized carbons (Fsp3) is 0.462. The molecule has 6 rings (SSSR count). The summed E-state index contributed by atoms with van der Waals surface area (Å²) in [6.07, 6.45) is -1.65. The van der Waals surface area contributed by atoms with Crippen LogP contribution in [0.4, 0.5) is 0 Å². The van der Waals surface area contributed by atoms with Gasteiger partial charge in [0.15, 0.2) is 11.7 Å². The van der Waals surface area contributed by atoms with E-state index in [9.17, 15) is 58.6 Å². The first kappa shape index (κ1) is 62.1. The first-order valence-electron chi connectivity index (χ1n) is 25.0. The molecule has 3 aliphatic rings. The van der Waals surface area contributed by atoms with Gasteiger partial charge in [0.25, 0.3) is 5.91 Å². The number of carbonyl (C=O) groups excluding carboxylic acids is 10. The van der Waals surface area contributed by atoms with Crippen LogP contribution in [0, 0.1) is 5.92 Å². The van der Waals surface area contributed by atoms with Gasteiger partial charge >= 0.3 is 11.9 Å². The Morgan fingerprint density at radius 3 is 2.11 bits per heavy atom. The van der Waals surface area contributed by atoms with Crippen molar-refractivity contribution in [3.8, 4) is 5.75 Å². The molecule has 0 saturated carbocycles. The predicted molar refractivity (Wildman–Crippen MR) is 281 cm³/mol. The molecule has 79 heavy (non-hydrogen) atoms. The molecule has 4 heterocycles. The number of ether oxygens (including phenoxy) is 3. The zero-order chi connectivity index (χ0) is 58.5. The highest BCUT2D eigenvalue weighted by Gasteiger charge is 2.42. The number of carbonyl (C=O) groups is 10. The number of aliphatic hydroxyl groups is 2. The van der Waals surface area contributed by atoms with Crippen LogP contribution in [0.15, 0.2) is 79.0 Å². The number of aromatic nitrogens is 1. The first-order valence-corrected chi connectivity index (χ1v) is 26.0. The predicted octanol–water partition coefficient (Wildman–Crippen LogP) is -0.298. The number of nitrogens with zero attached hydrogens (tertiary/aromatic N) is 2. The first-order chi connectivity index (χ1) is 37.3. The van der Waals surface area contributed by atoms with E-state index in [2.05, 4.69) is 37.2 Å². The second-order valence-electron chi connectivity index (χ2n) is 19.1. The third kappa shape index (κ3) is 16.2. The monoisotopic (exact) mass is 1140 g/mol. The van der Waals surface area contributed by atoms with Gasteiger partial charge in [0.2, 0.25) is 41.4 Å². The van der Waals surface area contributed by atoms with Crippen molar-refractivity contribution in [1.29, 1.82) is 0 Å². The summed E-state index contributed by atoms with van der Waals surface area (Å²) in [5.74, 6) is -12.0. The molecule has 3 aromatic rings. The van der Waals surface area contributed by atoms with Crippen LogP contribution in [-0.2, 0) is 59.0 Å². The van der Waals surface area contributed by atoms with Crippen LogP contribution in [0.3, 0.4) is 0 Å². The lowest BCUT2D eigenvalue weighted by atomic mass is 9.96. The molecule has 0 aliphatic carbocycles. The lowest BCUT2D eigenvalue weighted by Gasteiger charge is -2.34. The maximum absolute atomic E-state index is 15.2. The Labute approximate surface area is 464 Å². The van der Waals surface area contributed by atoms with E-state index in [0.29, 0.717) is 10.3 Å². The molecule has 25 nitrogen and oxygen atoms in total. The number of hydrogen-bond acceptors (Lipinski definition) is 16.